The molecule has 0 fully saturated rings. The van der Waals surface area contributed by atoms with Gasteiger partial charge >= 0.3 is 0 Å². The summed E-state index contributed by atoms with van der Waals surface area (Å²) < 4.78 is 26.8. The Hall–Kier alpha value is -2.19. The van der Waals surface area contributed by atoms with Crippen molar-refractivity contribution < 1.29 is 8.42 Å². The number of nitrogens with two attached hydrogens (primary N) is 1. The molecule has 0 bridgehead atoms. The van der Waals surface area contributed by atoms with Gasteiger partial charge in [-0.25, -0.2) is 24.2 Å². The van der Waals surface area contributed by atoms with E-state index in [2.05, 4.69) is 20.1 Å². The third kappa shape index (κ3) is 3.03. The molecule has 0 amide bonds. The van der Waals surface area contributed by atoms with Crippen LogP contribution in [0.1, 0.15) is 11.1 Å². The van der Waals surface area contributed by atoms with Crippen LogP contribution >= 0.6 is 0 Å². The van der Waals surface area contributed by atoms with Crippen LogP contribution in [0.3, 0.4) is 0 Å². The van der Waals surface area contributed by atoms with E-state index >= 15 is 0 Å². The van der Waals surface area contributed by atoms with Gasteiger partial charge in [-0.15, -0.1) is 0 Å². The van der Waals surface area contributed by atoms with Crippen molar-refractivity contribution in [2.45, 2.75) is 18.7 Å². The second kappa shape index (κ2) is 5.43. The molecule has 0 saturated heterocycles. The average molecular weight is 293 g/mol. The number of hydrogen-bond acceptors (Lipinski definition) is 6. The van der Waals surface area contributed by atoms with E-state index in [9.17, 15) is 8.42 Å². The molecule has 1 aromatic carbocycles. The normalized spacial score (nSPS) is 11.2. The van der Waals surface area contributed by atoms with Crippen LogP contribution in [-0.2, 0) is 10.0 Å². The van der Waals surface area contributed by atoms with Gasteiger partial charge in [-0.3, -0.25) is 10.1 Å². The monoisotopic (exact) mass is 293 g/mol. The number of hydrogen-bond donors (Lipinski definition) is 3. The summed E-state index contributed by atoms with van der Waals surface area (Å²) in [5.41, 5.74) is 4.82. The topological polar surface area (TPSA) is 110 Å². The number of nitrogens with one attached hydrogen (secondary N) is 2. The fraction of sp³-hybridized carbons (Fsp3) is 0.167. The fourth-order valence-corrected chi connectivity index (χ4v) is 2.49. The largest absolute Gasteiger partial charge is 0.292 e. The number of nitrogens with zero attached hydrogens (tertiary/aromatic N) is 2. The van der Waals surface area contributed by atoms with E-state index in [4.69, 9.17) is 5.84 Å². The SMILES string of the molecule is Cc1ccc(NS(=O)(=O)c2cnc(NN)nc2)cc1C. The number of aryl methyl sites for hydroxylation is 2. The Balaban J connectivity index is 2.27. The molecule has 2 aromatic rings. The Morgan fingerprint density at radius 1 is 1.10 bits per heavy atom. The first-order valence-corrected chi connectivity index (χ1v) is 7.29. The van der Waals surface area contributed by atoms with E-state index in [0.29, 0.717) is 5.69 Å². The predicted molar refractivity (Wildman–Crippen MR) is 76.6 cm³/mol. The highest BCUT2D eigenvalue weighted by Gasteiger charge is 2.15. The minimum Gasteiger partial charge on any atom is -0.292 e. The molecule has 1 heterocycles. The Labute approximate surface area is 117 Å². The van der Waals surface area contributed by atoms with Crippen molar-refractivity contribution in [3.63, 3.8) is 0 Å². The maximum absolute atomic E-state index is 12.2. The van der Waals surface area contributed by atoms with Gasteiger partial charge in [0.25, 0.3) is 10.0 Å². The van der Waals surface area contributed by atoms with E-state index in [1.165, 1.54) is 12.4 Å². The third-order valence-electron chi connectivity index (χ3n) is 2.83. The van der Waals surface area contributed by atoms with Crippen molar-refractivity contribution in [3.05, 3.63) is 41.7 Å². The zero-order valence-corrected chi connectivity index (χ0v) is 11.9. The summed E-state index contributed by atoms with van der Waals surface area (Å²) in [4.78, 5) is 7.51. The fourth-order valence-electron chi connectivity index (χ4n) is 1.55. The average Bonchev–Trinajstić information content (AvgIpc) is 2.43. The van der Waals surface area contributed by atoms with Gasteiger partial charge in [0.1, 0.15) is 4.90 Å². The number of rotatable bonds is 4. The summed E-state index contributed by atoms with van der Waals surface area (Å²) in [7, 11) is -3.71. The van der Waals surface area contributed by atoms with Crippen molar-refractivity contribution in [1.29, 1.82) is 0 Å². The van der Waals surface area contributed by atoms with Crippen LogP contribution in [0.2, 0.25) is 0 Å². The minimum atomic E-state index is -3.71. The van der Waals surface area contributed by atoms with Crippen LogP contribution in [0.5, 0.6) is 0 Å². The highest BCUT2D eigenvalue weighted by atomic mass is 32.2. The summed E-state index contributed by atoms with van der Waals surface area (Å²) >= 11 is 0. The molecule has 0 aliphatic rings. The van der Waals surface area contributed by atoms with E-state index in [1.807, 2.05) is 19.9 Å². The molecule has 0 radical (unpaired) electrons. The number of hydrazine groups is 1. The van der Waals surface area contributed by atoms with Crippen molar-refractivity contribution >= 4 is 21.7 Å². The summed E-state index contributed by atoms with van der Waals surface area (Å²) in [5.74, 6) is 5.27. The molecular formula is C12H15N5O2S. The number of anilines is 2. The summed E-state index contributed by atoms with van der Waals surface area (Å²) in [6, 6.07) is 5.32. The predicted octanol–water partition coefficient (Wildman–Crippen LogP) is 1.18. The molecule has 7 nitrogen and oxygen atoms in total. The lowest BCUT2D eigenvalue weighted by molar-refractivity contribution is 0.600. The van der Waals surface area contributed by atoms with E-state index < -0.39 is 10.0 Å². The van der Waals surface area contributed by atoms with Crippen molar-refractivity contribution in [2.24, 2.45) is 5.84 Å². The van der Waals surface area contributed by atoms with Gasteiger partial charge in [-0.2, -0.15) is 0 Å². The lowest BCUT2D eigenvalue weighted by Gasteiger charge is -2.09. The van der Waals surface area contributed by atoms with Crippen LogP contribution in [-0.4, -0.2) is 18.4 Å². The molecule has 0 atom stereocenters. The highest BCUT2D eigenvalue weighted by Crippen LogP contribution is 2.18. The molecule has 8 heteroatoms. The first kappa shape index (κ1) is 14.2. The second-order valence-electron chi connectivity index (χ2n) is 4.29. The Morgan fingerprint density at radius 2 is 1.75 bits per heavy atom. The number of aromatic nitrogens is 2. The number of sulfonamides is 1. The zero-order chi connectivity index (χ0) is 14.8. The van der Waals surface area contributed by atoms with Crippen molar-refractivity contribution in [3.8, 4) is 0 Å². The summed E-state index contributed by atoms with van der Waals surface area (Å²) in [6.07, 6.45) is 2.37. The lowest BCUT2D eigenvalue weighted by Crippen LogP contribution is -2.15. The van der Waals surface area contributed by atoms with Gasteiger partial charge in [-0.1, -0.05) is 6.07 Å². The summed E-state index contributed by atoms with van der Waals surface area (Å²) in [5, 5.41) is 0. The molecule has 20 heavy (non-hydrogen) atoms. The van der Waals surface area contributed by atoms with Gasteiger partial charge in [0.2, 0.25) is 5.95 Å². The molecule has 1 aromatic heterocycles. The molecule has 0 saturated carbocycles. The van der Waals surface area contributed by atoms with Gasteiger partial charge in [-0.05, 0) is 37.1 Å². The molecule has 0 aliphatic heterocycles. The van der Waals surface area contributed by atoms with E-state index in [0.717, 1.165) is 11.1 Å². The van der Waals surface area contributed by atoms with Crippen molar-refractivity contribution in [2.75, 3.05) is 10.1 Å². The maximum Gasteiger partial charge on any atom is 0.264 e. The van der Waals surface area contributed by atoms with Gasteiger partial charge < -0.3 is 0 Å². The van der Waals surface area contributed by atoms with Gasteiger partial charge in [0.15, 0.2) is 0 Å². The quantitative estimate of drug-likeness (QED) is 0.577. The maximum atomic E-state index is 12.2. The Bertz CT molecular complexity index is 713. The molecule has 4 N–H and O–H groups in total. The zero-order valence-electron chi connectivity index (χ0n) is 11.1. The molecule has 0 spiro atoms. The molecular weight excluding hydrogens is 278 g/mol. The van der Waals surface area contributed by atoms with Crippen LogP contribution in [0.25, 0.3) is 0 Å². The standard InChI is InChI=1S/C12H15N5O2S/c1-8-3-4-10(5-9(8)2)17-20(18,19)11-6-14-12(16-13)15-7-11/h3-7,17H,13H2,1-2H3,(H,14,15,16). The third-order valence-corrected chi connectivity index (χ3v) is 4.16. The summed E-state index contributed by atoms with van der Waals surface area (Å²) in [6.45, 7) is 3.87. The smallest absolute Gasteiger partial charge is 0.264 e. The second-order valence-corrected chi connectivity index (χ2v) is 5.97. The minimum absolute atomic E-state index is 0.0327. The molecule has 0 unspecified atom stereocenters. The molecule has 106 valence electrons. The Morgan fingerprint density at radius 3 is 2.30 bits per heavy atom. The first-order valence-electron chi connectivity index (χ1n) is 5.81. The Kier molecular flexibility index (Phi) is 3.86. The van der Waals surface area contributed by atoms with Crippen LogP contribution in [0.4, 0.5) is 11.6 Å². The van der Waals surface area contributed by atoms with E-state index in [-0.39, 0.29) is 10.8 Å². The highest BCUT2D eigenvalue weighted by molar-refractivity contribution is 7.92. The van der Waals surface area contributed by atoms with Crippen LogP contribution in [0, 0.1) is 13.8 Å². The van der Waals surface area contributed by atoms with Crippen LogP contribution in [0.15, 0.2) is 35.5 Å². The van der Waals surface area contributed by atoms with Gasteiger partial charge in [0.05, 0.1) is 12.4 Å². The van der Waals surface area contributed by atoms with E-state index in [1.54, 1.807) is 12.1 Å². The lowest BCUT2D eigenvalue weighted by atomic mass is 10.1. The van der Waals surface area contributed by atoms with Crippen molar-refractivity contribution in [1.82, 2.24) is 9.97 Å². The molecule has 2 rings (SSSR count). The number of nitrogen functional groups attached to an aromatic ring is 1. The molecule has 0 aliphatic carbocycles. The van der Waals surface area contributed by atoms with Gasteiger partial charge in [0, 0.05) is 5.69 Å². The first-order chi connectivity index (χ1) is 9.42. The number of benzene rings is 1. The van der Waals surface area contributed by atoms with Crippen LogP contribution < -0.4 is 16.0 Å².